The van der Waals surface area contributed by atoms with Gasteiger partial charge in [0, 0.05) is 12.3 Å². The number of para-hydroxylation sites is 1. The summed E-state index contributed by atoms with van der Waals surface area (Å²) in [6.07, 6.45) is 0.971. The van der Waals surface area contributed by atoms with Crippen LogP contribution in [0.5, 0.6) is 0 Å². The molecule has 0 aliphatic rings. The van der Waals surface area contributed by atoms with Gasteiger partial charge in [0.05, 0.1) is 10.9 Å². The lowest BCUT2D eigenvalue weighted by atomic mass is 10.1. The van der Waals surface area contributed by atoms with E-state index in [-0.39, 0.29) is 5.56 Å². The van der Waals surface area contributed by atoms with Crippen molar-refractivity contribution in [3.05, 3.63) is 70.5 Å². The van der Waals surface area contributed by atoms with Gasteiger partial charge in [0.15, 0.2) is 5.16 Å². The van der Waals surface area contributed by atoms with Crippen molar-refractivity contribution in [1.82, 2.24) is 9.55 Å². The van der Waals surface area contributed by atoms with Gasteiger partial charge in [-0.25, -0.2) is 4.98 Å². The minimum Gasteiger partial charge on any atom is -0.287 e. The van der Waals surface area contributed by atoms with E-state index >= 15 is 0 Å². The molecule has 1 aromatic heterocycles. The Bertz CT molecular complexity index is 872. The van der Waals surface area contributed by atoms with Gasteiger partial charge in [-0.3, -0.25) is 9.36 Å². The van der Waals surface area contributed by atoms with E-state index in [2.05, 4.69) is 26.0 Å². The van der Waals surface area contributed by atoms with Crippen LogP contribution in [0.2, 0.25) is 0 Å². The maximum Gasteiger partial charge on any atom is 0.262 e. The zero-order valence-corrected chi connectivity index (χ0v) is 14.9. The molecule has 0 aliphatic carbocycles. The van der Waals surface area contributed by atoms with E-state index in [1.54, 1.807) is 11.8 Å². The highest BCUT2D eigenvalue weighted by atomic mass is 32.2. The van der Waals surface area contributed by atoms with Gasteiger partial charge >= 0.3 is 0 Å². The molecular formula is C20H22N2OS. The van der Waals surface area contributed by atoms with E-state index < -0.39 is 0 Å². The van der Waals surface area contributed by atoms with Gasteiger partial charge in [0.25, 0.3) is 5.56 Å². The second-order valence-electron chi connectivity index (χ2n) is 6.33. The van der Waals surface area contributed by atoms with Crippen LogP contribution in [0.3, 0.4) is 0 Å². The van der Waals surface area contributed by atoms with Crippen LogP contribution in [0.25, 0.3) is 10.9 Å². The van der Waals surface area contributed by atoms with E-state index in [1.807, 2.05) is 47.0 Å². The van der Waals surface area contributed by atoms with Crippen LogP contribution in [0, 0.1) is 5.92 Å². The van der Waals surface area contributed by atoms with Crippen LogP contribution in [-0.2, 0) is 12.3 Å². The molecule has 1 heterocycles. The van der Waals surface area contributed by atoms with Gasteiger partial charge in [0.1, 0.15) is 0 Å². The lowest BCUT2D eigenvalue weighted by Crippen LogP contribution is -2.24. The number of benzene rings is 2. The molecule has 0 saturated heterocycles. The average molecular weight is 338 g/mol. The van der Waals surface area contributed by atoms with E-state index in [4.69, 9.17) is 4.98 Å². The Hall–Kier alpha value is -2.07. The summed E-state index contributed by atoms with van der Waals surface area (Å²) in [6, 6.07) is 17.9. The zero-order chi connectivity index (χ0) is 16.9. The molecule has 0 atom stereocenters. The van der Waals surface area contributed by atoms with Crippen molar-refractivity contribution in [1.29, 1.82) is 0 Å². The van der Waals surface area contributed by atoms with Crippen LogP contribution >= 0.6 is 11.8 Å². The quantitative estimate of drug-likeness (QED) is 0.481. The third-order valence-electron chi connectivity index (χ3n) is 3.97. The highest BCUT2D eigenvalue weighted by molar-refractivity contribution is 7.98. The van der Waals surface area contributed by atoms with Crippen LogP contribution in [-0.4, -0.2) is 9.55 Å². The monoisotopic (exact) mass is 338 g/mol. The van der Waals surface area contributed by atoms with Gasteiger partial charge in [-0.2, -0.15) is 0 Å². The Morgan fingerprint density at radius 3 is 2.50 bits per heavy atom. The Labute approximate surface area is 146 Å². The van der Waals surface area contributed by atoms with Gasteiger partial charge in [-0.1, -0.05) is 68.1 Å². The number of hydrogen-bond donors (Lipinski definition) is 0. The first-order valence-corrected chi connectivity index (χ1v) is 9.30. The van der Waals surface area contributed by atoms with Crippen molar-refractivity contribution < 1.29 is 0 Å². The van der Waals surface area contributed by atoms with E-state index in [0.29, 0.717) is 17.8 Å². The number of aromatic nitrogens is 2. The lowest BCUT2D eigenvalue weighted by molar-refractivity contribution is 0.481. The Balaban J connectivity index is 1.97. The fourth-order valence-corrected chi connectivity index (χ4v) is 3.55. The Morgan fingerprint density at radius 2 is 1.75 bits per heavy atom. The van der Waals surface area contributed by atoms with Gasteiger partial charge < -0.3 is 0 Å². The summed E-state index contributed by atoms with van der Waals surface area (Å²) in [6.45, 7) is 5.07. The fourth-order valence-electron chi connectivity index (χ4n) is 2.56. The fraction of sp³-hybridized carbons (Fsp3) is 0.300. The van der Waals surface area contributed by atoms with Gasteiger partial charge in [-0.05, 0) is 30.0 Å². The van der Waals surface area contributed by atoms with Gasteiger partial charge in [-0.15, -0.1) is 0 Å². The second kappa shape index (κ2) is 7.67. The first kappa shape index (κ1) is 16.8. The highest BCUT2D eigenvalue weighted by Gasteiger charge is 2.12. The molecule has 24 heavy (non-hydrogen) atoms. The van der Waals surface area contributed by atoms with Crippen molar-refractivity contribution in [3.63, 3.8) is 0 Å². The van der Waals surface area contributed by atoms with Crippen molar-refractivity contribution in [3.8, 4) is 0 Å². The van der Waals surface area contributed by atoms with Crippen molar-refractivity contribution in [2.75, 3.05) is 0 Å². The number of nitrogens with zero attached hydrogens (tertiary/aromatic N) is 2. The first-order chi connectivity index (χ1) is 11.6. The van der Waals surface area contributed by atoms with Gasteiger partial charge in [0.2, 0.25) is 0 Å². The molecule has 2 aromatic carbocycles. The standard InChI is InChI=1S/C20H22N2OS/c1-15(2)12-13-22-19(23)17-10-6-7-11-18(17)21-20(22)24-14-16-8-4-3-5-9-16/h3-11,15H,12-14H2,1-2H3. The molecule has 0 aliphatic heterocycles. The maximum atomic E-state index is 12.9. The molecule has 3 rings (SSSR count). The predicted molar refractivity (Wildman–Crippen MR) is 101 cm³/mol. The summed E-state index contributed by atoms with van der Waals surface area (Å²) in [5, 5.41) is 1.51. The van der Waals surface area contributed by atoms with E-state index in [9.17, 15) is 4.79 Å². The minimum absolute atomic E-state index is 0.0665. The molecule has 4 heteroatoms. The third-order valence-corrected chi connectivity index (χ3v) is 5.01. The first-order valence-electron chi connectivity index (χ1n) is 8.31. The topological polar surface area (TPSA) is 34.9 Å². The highest BCUT2D eigenvalue weighted by Crippen LogP contribution is 2.22. The summed E-state index contributed by atoms with van der Waals surface area (Å²) in [4.78, 5) is 17.6. The number of hydrogen-bond acceptors (Lipinski definition) is 3. The molecule has 0 saturated carbocycles. The predicted octanol–water partition coefficient (Wildman–Crippen LogP) is 4.73. The summed E-state index contributed by atoms with van der Waals surface area (Å²) < 4.78 is 1.84. The van der Waals surface area contributed by atoms with E-state index in [0.717, 1.165) is 22.8 Å². The Morgan fingerprint density at radius 1 is 1.04 bits per heavy atom. The molecule has 0 fully saturated rings. The third kappa shape index (κ3) is 3.88. The molecule has 3 aromatic rings. The summed E-state index contributed by atoms with van der Waals surface area (Å²) >= 11 is 1.63. The van der Waals surface area contributed by atoms with Crippen molar-refractivity contribution in [2.24, 2.45) is 5.92 Å². The van der Waals surface area contributed by atoms with Crippen molar-refractivity contribution >= 4 is 22.7 Å². The smallest absolute Gasteiger partial charge is 0.262 e. The summed E-state index contributed by atoms with van der Waals surface area (Å²) in [5.74, 6) is 1.36. The van der Waals surface area contributed by atoms with Crippen molar-refractivity contribution in [2.45, 2.75) is 37.7 Å². The molecule has 0 N–H and O–H groups in total. The molecule has 0 bridgehead atoms. The molecule has 0 spiro atoms. The van der Waals surface area contributed by atoms with E-state index in [1.165, 1.54) is 5.56 Å². The number of fused-ring (bicyclic) bond motifs is 1. The molecular weight excluding hydrogens is 316 g/mol. The normalized spacial score (nSPS) is 11.3. The lowest BCUT2D eigenvalue weighted by Gasteiger charge is -2.14. The number of rotatable bonds is 6. The zero-order valence-electron chi connectivity index (χ0n) is 14.1. The molecule has 3 nitrogen and oxygen atoms in total. The summed E-state index contributed by atoms with van der Waals surface area (Å²) in [7, 11) is 0. The molecule has 0 radical (unpaired) electrons. The van der Waals surface area contributed by atoms with Crippen LogP contribution < -0.4 is 5.56 Å². The average Bonchev–Trinajstić information content (AvgIpc) is 2.60. The Kier molecular flexibility index (Phi) is 5.36. The second-order valence-corrected chi connectivity index (χ2v) is 7.27. The maximum absolute atomic E-state index is 12.9. The van der Waals surface area contributed by atoms with Crippen LogP contribution in [0.1, 0.15) is 25.8 Å². The number of thioether (sulfide) groups is 1. The molecule has 0 unspecified atom stereocenters. The molecule has 0 amide bonds. The largest absolute Gasteiger partial charge is 0.287 e. The molecule has 124 valence electrons. The SMILES string of the molecule is CC(C)CCn1c(SCc2ccccc2)nc2ccccc2c1=O. The summed E-state index contributed by atoms with van der Waals surface area (Å²) in [5.41, 5.74) is 2.08. The van der Waals surface area contributed by atoms with Crippen LogP contribution in [0.15, 0.2) is 64.5 Å². The minimum atomic E-state index is 0.0665. The van der Waals surface area contributed by atoms with Crippen LogP contribution in [0.4, 0.5) is 0 Å².